The largest absolute Gasteiger partial charge is 0.216 e. The average Bonchev–Trinajstić information content (AvgIpc) is 2.41. The first-order valence-corrected chi connectivity index (χ1v) is 8.32. The van der Waals surface area contributed by atoms with Crippen LogP contribution in [0.5, 0.6) is 0 Å². The predicted octanol–water partition coefficient (Wildman–Crippen LogP) is 3.31. The number of benzene rings is 2. The summed E-state index contributed by atoms with van der Waals surface area (Å²) >= 11 is 0. The summed E-state index contributed by atoms with van der Waals surface area (Å²) in [5, 5.41) is 0. The van der Waals surface area contributed by atoms with E-state index in [1.165, 1.54) is 24.3 Å². The molecule has 0 fully saturated rings. The normalized spacial score (nSPS) is 13.1. The highest BCUT2D eigenvalue weighted by molar-refractivity contribution is 7.88. The molecule has 5 heteroatoms. The zero-order valence-corrected chi connectivity index (χ0v) is 12.8. The number of hydrogen-bond acceptors (Lipinski definition) is 2. The van der Waals surface area contributed by atoms with Crippen LogP contribution in [-0.4, -0.2) is 8.42 Å². The fourth-order valence-electron chi connectivity index (χ4n) is 2.03. The van der Waals surface area contributed by atoms with Crippen molar-refractivity contribution in [2.75, 3.05) is 0 Å². The highest BCUT2D eigenvalue weighted by Crippen LogP contribution is 2.15. The zero-order chi connectivity index (χ0) is 15.5. The van der Waals surface area contributed by atoms with Crippen LogP contribution in [-0.2, 0) is 15.8 Å². The molecule has 0 spiro atoms. The van der Waals surface area contributed by atoms with E-state index in [2.05, 4.69) is 4.72 Å². The zero-order valence-electron chi connectivity index (χ0n) is 12.0. The minimum atomic E-state index is -3.48. The van der Waals surface area contributed by atoms with Gasteiger partial charge in [-0.15, -0.1) is 0 Å². The Balaban J connectivity index is 2.06. The van der Waals surface area contributed by atoms with Gasteiger partial charge in [-0.2, -0.15) is 0 Å². The third-order valence-electron chi connectivity index (χ3n) is 3.20. The molecule has 2 rings (SSSR count). The molecule has 0 amide bonds. The second kappa shape index (κ2) is 6.37. The molecule has 2 aromatic rings. The minimum Gasteiger partial charge on any atom is -0.212 e. The summed E-state index contributed by atoms with van der Waals surface area (Å²) in [7, 11) is -3.48. The Morgan fingerprint density at radius 3 is 2.19 bits per heavy atom. The first kappa shape index (κ1) is 15.7. The number of nitrogens with one attached hydrogen (secondary N) is 1. The molecule has 0 aliphatic rings. The lowest BCUT2D eigenvalue weighted by Gasteiger charge is -2.15. The molecule has 0 heterocycles. The Labute approximate surface area is 124 Å². The molecule has 0 saturated carbocycles. The van der Waals surface area contributed by atoms with Crippen molar-refractivity contribution in [2.24, 2.45) is 0 Å². The van der Waals surface area contributed by atoms with Crippen molar-refractivity contribution < 1.29 is 12.8 Å². The fourth-order valence-corrected chi connectivity index (χ4v) is 3.42. The van der Waals surface area contributed by atoms with Crippen LogP contribution in [0.2, 0.25) is 0 Å². The van der Waals surface area contributed by atoms with Crippen LogP contribution in [0.25, 0.3) is 0 Å². The van der Waals surface area contributed by atoms with Crippen LogP contribution < -0.4 is 4.72 Å². The molecule has 112 valence electrons. The summed E-state index contributed by atoms with van der Waals surface area (Å²) in [4.78, 5) is 0. The lowest BCUT2D eigenvalue weighted by molar-refractivity contribution is 0.566. The molecule has 0 saturated heterocycles. The third-order valence-corrected chi connectivity index (χ3v) is 4.63. The van der Waals surface area contributed by atoms with Gasteiger partial charge in [0.25, 0.3) is 0 Å². The number of halogens is 1. The van der Waals surface area contributed by atoms with Crippen LogP contribution in [0, 0.1) is 12.7 Å². The van der Waals surface area contributed by atoms with E-state index in [1.54, 1.807) is 6.92 Å². The van der Waals surface area contributed by atoms with Gasteiger partial charge in [0.15, 0.2) is 0 Å². The molecule has 3 nitrogen and oxygen atoms in total. The molecule has 0 aliphatic carbocycles. The number of rotatable bonds is 5. The van der Waals surface area contributed by atoms with Crippen molar-refractivity contribution in [1.82, 2.24) is 4.72 Å². The minimum absolute atomic E-state index is 0.163. The lowest BCUT2D eigenvalue weighted by atomic mass is 10.1. The van der Waals surface area contributed by atoms with Gasteiger partial charge in [0, 0.05) is 6.04 Å². The maximum Gasteiger partial charge on any atom is 0.216 e. The highest BCUT2D eigenvalue weighted by atomic mass is 32.2. The molecular formula is C16H18FNO2S. The van der Waals surface area contributed by atoms with E-state index in [0.29, 0.717) is 5.56 Å². The van der Waals surface area contributed by atoms with Gasteiger partial charge in [-0.05, 0) is 37.1 Å². The van der Waals surface area contributed by atoms with Gasteiger partial charge in [-0.3, -0.25) is 0 Å². The SMILES string of the molecule is Cc1ccc([C@H](C)NS(=O)(=O)Cc2ccc(F)cc2)cc1. The van der Waals surface area contributed by atoms with E-state index >= 15 is 0 Å². The van der Waals surface area contributed by atoms with Crippen molar-refractivity contribution in [1.29, 1.82) is 0 Å². The third kappa shape index (κ3) is 4.65. The van der Waals surface area contributed by atoms with Gasteiger partial charge >= 0.3 is 0 Å². The van der Waals surface area contributed by atoms with E-state index in [4.69, 9.17) is 0 Å². The molecule has 0 aromatic heterocycles. The van der Waals surface area contributed by atoms with Crippen LogP contribution >= 0.6 is 0 Å². The Hall–Kier alpha value is -1.72. The standard InChI is InChI=1S/C16H18FNO2S/c1-12-3-7-15(8-4-12)13(2)18-21(19,20)11-14-5-9-16(17)10-6-14/h3-10,13,18H,11H2,1-2H3/t13-/m0/s1. The van der Waals surface area contributed by atoms with E-state index < -0.39 is 10.0 Å². The summed E-state index contributed by atoms with van der Waals surface area (Å²) in [6, 6.07) is 12.9. The number of hydrogen-bond donors (Lipinski definition) is 1. The van der Waals surface area contributed by atoms with Crippen LogP contribution in [0.4, 0.5) is 4.39 Å². The Kier molecular flexibility index (Phi) is 4.75. The lowest BCUT2D eigenvalue weighted by Crippen LogP contribution is -2.28. The number of sulfonamides is 1. The van der Waals surface area contributed by atoms with E-state index in [0.717, 1.165) is 11.1 Å². The summed E-state index contributed by atoms with van der Waals surface area (Å²) < 4.78 is 39.7. The topological polar surface area (TPSA) is 46.2 Å². The summed E-state index contributed by atoms with van der Waals surface area (Å²) in [6.45, 7) is 3.78. The van der Waals surface area contributed by atoms with Crippen molar-refractivity contribution in [3.05, 3.63) is 71.0 Å². The first-order valence-electron chi connectivity index (χ1n) is 6.67. The molecule has 0 radical (unpaired) electrons. The van der Waals surface area contributed by atoms with Crippen molar-refractivity contribution >= 4 is 10.0 Å². The van der Waals surface area contributed by atoms with Crippen molar-refractivity contribution in [3.63, 3.8) is 0 Å². The van der Waals surface area contributed by atoms with Crippen LogP contribution in [0.1, 0.15) is 29.7 Å². The monoisotopic (exact) mass is 307 g/mol. The average molecular weight is 307 g/mol. The van der Waals surface area contributed by atoms with E-state index in [1.807, 2.05) is 31.2 Å². The summed E-state index contributed by atoms with van der Waals surface area (Å²) in [5.74, 6) is -0.541. The van der Waals surface area contributed by atoms with E-state index in [-0.39, 0.29) is 17.6 Å². The molecule has 0 bridgehead atoms. The highest BCUT2D eigenvalue weighted by Gasteiger charge is 2.16. The summed E-state index contributed by atoms with van der Waals surface area (Å²) in [5.41, 5.74) is 2.59. The van der Waals surface area contributed by atoms with Crippen LogP contribution in [0.15, 0.2) is 48.5 Å². The second-order valence-corrected chi connectivity index (χ2v) is 6.89. The Bertz CT molecular complexity index is 694. The molecule has 1 N–H and O–H groups in total. The molecular weight excluding hydrogens is 289 g/mol. The second-order valence-electron chi connectivity index (χ2n) is 5.14. The molecule has 0 aliphatic heterocycles. The number of aryl methyl sites for hydroxylation is 1. The first-order chi connectivity index (χ1) is 9.85. The predicted molar refractivity (Wildman–Crippen MR) is 81.8 cm³/mol. The molecule has 21 heavy (non-hydrogen) atoms. The quantitative estimate of drug-likeness (QED) is 0.921. The van der Waals surface area contributed by atoms with Gasteiger partial charge in [-0.25, -0.2) is 17.5 Å². The van der Waals surface area contributed by atoms with Crippen molar-refractivity contribution in [3.8, 4) is 0 Å². The van der Waals surface area contributed by atoms with E-state index in [9.17, 15) is 12.8 Å². The van der Waals surface area contributed by atoms with Gasteiger partial charge in [0.05, 0.1) is 5.75 Å². The molecule has 1 atom stereocenters. The molecule has 2 aromatic carbocycles. The summed E-state index contributed by atoms with van der Waals surface area (Å²) in [6.07, 6.45) is 0. The fraction of sp³-hybridized carbons (Fsp3) is 0.250. The van der Waals surface area contributed by atoms with Gasteiger partial charge in [0.1, 0.15) is 5.82 Å². The maximum atomic E-state index is 12.8. The Morgan fingerprint density at radius 2 is 1.62 bits per heavy atom. The Morgan fingerprint density at radius 1 is 1.05 bits per heavy atom. The van der Waals surface area contributed by atoms with Crippen LogP contribution in [0.3, 0.4) is 0 Å². The molecule has 0 unspecified atom stereocenters. The van der Waals surface area contributed by atoms with Gasteiger partial charge in [-0.1, -0.05) is 42.0 Å². The smallest absolute Gasteiger partial charge is 0.212 e. The van der Waals surface area contributed by atoms with Gasteiger partial charge in [0.2, 0.25) is 10.0 Å². The van der Waals surface area contributed by atoms with Gasteiger partial charge < -0.3 is 0 Å². The maximum absolute atomic E-state index is 12.8. The van der Waals surface area contributed by atoms with Crippen molar-refractivity contribution in [2.45, 2.75) is 25.6 Å².